The van der Waals surface area contributed by atoms with E-state index in [1.807, 2.05) is 67.8 Å². The number of hydrogen-bond donors (Lipinski definition) is 3. The molecule has 4 aromatic heterocycles. The van der Waals surface area contributed by atoms with Crippen molar-refractivity contribution >= 4 is 91.8 Å². The van der Waals surface area contributed by atoms with Gasteiger partial charge in [-0.05, 0) is 76.8 Å². The smallest absolute Gasteiger partial charge is 0.305 e. The van der Waals surface area contributed by atoms with Crippen molar-refractivity contribution in [3.8, 4) is 5.00 Å². The van der Waals surface area contributed by atoms with Gasteiger partial charge in [0.2, 0.25) is 5.91 Å². The number of amides is 2. The van der Waals surface area contributed by atoms with Crippen molar-refractivity contribution in [3.05, 3.63) is 114 Å². The van der Waals surface area contributed by atoms with Gasteiger partial charge in [0.05, 0.1) is 29.0 Å². The lowest BCUT2D eigenvalue weighted by Gasteiger charge is -2.35. The van der Waals surface area contributed by atoms with Crippen molar-refractivity contribution in [2.75, 3.05) is 61.4 Å². The molecule has 2 amide bonds. The molecule has 1 fully saturated rings. The number of fused-ring (bicyclic) bond motifs is 3. The van der Waals surface area contributed by atoms with Crippen molar-refractivity contribution < 1.29 is 19.1 Å². The number of aryl methyl sites for hydroxylation is 4. The van der Waals surface area contributed by atoms with E-state index in [1.54, 1.807) is 17.4 Å². The minimum atomic E-state index is -0.538. The highest BCUT2D eigenvalue weighted by Gasteiger charge is 2.32. The fourth-order valence-electron chi connectivity index (χ4n) is 8.03. The lowest BCUT2D eigenvalue weighted by molar-refractivity contribution is -0.144. The molecule has 3 N–H and O–H groups in total. The Balaban J connectivity index is 0.733. The fourth-order valence-corrected chi connectivity index (χ4v) is 10.4. The Morgan fingerprint density at radius 1 is 0.910 bits per heavy atom. The Labute approximate surface area is 407 Å². The van der Waals surface area contributed by atoms with Crippen molar-refractivity contribution in [2.45, 2.75) is 72.8 Å². The summed E-state index contributed by atoms with van der Waals surface area (Å²) in [5.41, 5.74) is 5.33. The average Bonchev–Trinajstić information content (AvgIpc) is 3.99. The standard InChI is InChI=1S/C47H52Cl2N12O4S2/c1-27-10-9-11-34(49)42(27)56-45(64)36-26-51-47(67-36)55-37-25-38(53-30(4)52-37)60-20-18-59(19-21-60)22-23-65-40(63)12-7-6-8-17-50-39(62)24-35-44-58-57-31(5)61(44)46-41(28(2)29(3)66-46)43(54-35)32-13-15-33(48)16-14-32/h9-11,13-16,25-26,35H,6-8,12,17-24H2,1-5H3,(H,50,62)(H,56,64)(H,51,52,53,55)/t35-/m0/s1. The van der Waals surface area contributed by atoms with Crippen LogP contribution < -0.4 is 20.9 Å². The van der Waals surface area contributed by atoms with Gasteiger partial charge >= 0.3 is 5.97 Å². The first-order chi connectivity index (χ1) is 32.3. The number of benzene rings is 2. The topological polar surface area (TPSA) is 185 Å². The number of nitrogens with one attached hydrogen (secondary N) is 3. The lowest BCUT2D eigenvalue weighted by atomic mass is 9.99. The molecule has 350 valence electrons. The van der Waals surface area contributed by atoms with Crippen molar-refractivity contribution in [2.24, 2.45) is 4.99 Å². The van der Waals surface area contributed by atoms with Crippen LogP contribution in [0.1, 0.15) is 92.4 Å². The van der Waals surface area contributed by atoms with Crippen LogP contribution in [0.2, 0.25) is 10.0 Å². The quantitative estimate of drug-likeness (QED) is 0.0584. The van der Waals surface area contributed by atoms with Gasteiger partial charge in [0.25, 0.3) is 5.91 Å². The predicted molar refractivity (Wildman–Crippen MR) is 265 cm³/mol. The summed E-state index contributed by atoms with van der Waals surface area (Å²) in [6.07, 6.45) is 4.15. The highest BCUT2D eigenvalue weighted by Crippen LogP contribution is 2.40. The van der Waals surface area contributed by atoms with Crippen molar-refractivity contribution in [1.82, 2.24) is 39.9 Å². The number of aromatic nitrogens is 6. The van der Waals surface area contributed by atoms with E-state index in [0.717, 1.165) is 83.6 Å². The van der Waals surface area contributed by atoms with Crippen LogP contribution in [0.15, 0.2) is 59.7 Å². The number of carbonyl (C=O) groups excluding carboxylic acids is 3. The van der Waals surface area contributed by atoms with Gasteiger partial charge < -0.3 is 25.6 Å². The number of piperazine rings is 1. The Hall–Kier alpha value is -5.79. The zero-order valence-electron chi connectivity index (χ0n) is 38.0. The van der Waals surface area contributed by atoms with Gasteiger partial charge in [0.1, 0.15) is 45.8 Å². The Morgan fingerprint density at radius 3 is 2.48 bits per heavy atom. The Kier molecular flexibility index (Phi) is 15.3. The first-order valence-electron chi connectivity index (χ1n) is 22.2. The van der Waals surface area contributed by atoms with E-state index in [1.165, 1.54) is 22.4 Å². The first-order valence-corrected chi connectivity index (χ1v) is 24.6. The zero-order valence-corrected chi connectivity index (χ0v) is 41.1. The molecule has 0 unspecified atom stereocenters. The molecular formula is C47H52Cl2N12O4S2. The molecular weight excluding hydrogens is 932 g/mol. The number of unbranched alkanes of at least 4 members (excludes halogenated alkanes) is 2. The van der Waals surface area contributed by atoms with Crippen molar-refractivity contribution in [1.29, 1.82) is 0 Å². The van der Waals surface area contributed by atoms with Gasteiger partial charge in [-0.25, -0.2) is 15.0 Å². The van der Waals surface area contributed by atoms with E-state index in [9.17, 15) is 14.4 Å². The summed E-state index contributed by atoms with van der Waals surface area (Å²) in [5, 5.41) is 20.7. The van der Waals surface area contributed by atoms with Crippen molar-refractivity contribution in [3.63, 3.8) is 0 Å². The number of rotatable bonds is 17. The van der Waals surface area contributed by atoms with Crippen LogP contribution in [-0.4, -0.2) is 104 Å². The molecule has 2 aliphatic heterocycles. The largest absolute Gasteiger partial charge is 0.464 e. The molecule has 2 aliphatic rings. The molecule has 1 saturated heterocycles. The number of halogens is 2. The van der Waals surface area contributed by atoms with Crippen LogP contribution in [-0.2, 0) is 14.3 Å². The number of esters is 1. The number of thiophene rings is 1. The molecule has 16 nitrogen and oxygen atoms in total. The minimum absolute atomic E-state index is 0.118. The molecule has 8 rings (SSSR count). The fraction of sp³-hybridized carbons (Fsp3) is 0.383. The van der Waals surface area contributed by atoms with Gasteiger partial charge in [-0.2, -0.15) is 0 Å². The summed E-state index contributed by atoms with van der Waals surface area (Å²) in [6.45, 7) is 14.4. The molecule has 6 aromatic rings. The SMILES string of the molecule is Cc1nc(Nc2ncc(C(=O)Nc3c(C)cccc3Cl)s2)cc(N2CCN(CCOC(=O)CCCCCNC(=O)C[C@@H]3N=C(c4ccc(Cl)cc4)c4c(sc(C)c4C)-n4c(C)nnc43)CC2)n1. The molecule has 0 saturated carbocycles. The van der Waals surface area contributed by atoms with Gasteiger partial charge in [-0.1, -0.05) is 65.2 Å². The Bertz CT molecular complexity index is 2780. The van der Waals surface area contributed by atoms with E-state index in [4.69, 9.17) is 32.9 Å². The van der Waals surface area contributed by atoms with E-state index in [0.29, 0.717) is 75.7 Å². The number of nitrogens with zero attached hydrogens (tertiary/aromatic N) is 9. The number of carbonyl (C=O) groups is 3. The maximum Gasteiger partial charge on any atom is 0.305 e. The lowest BCUT2D eigenvalue weighted by Crippen LogP contribution is -2.47. The Morgan fingerprint density at radius 2 is 1.70 bits per heavy atom. The second kappa shape index (κ2) is 21.4. The molecule has 67 heavy (non-hydrogen) atoms. The molecule has 0 radical (unpaired) electrons. The number of ether oxygens (including phenoxy) is 1. The van der Waals surface area contributed by atoms with Gasteiger partial charge in [0, 0.05) is 72.8 Å². The molecule has 0 spiro atoms. The highest BCUT2D eigenvalue weighted by atomic mass is 35.5. The molecule has 0 bridgehead atoms. The molecule has 20 heteroatoms. The average molecular weight is 984 g/mol. The van der Waals surface area contributed by atoms with Crippen LogP contribution in [0.4, 0.5) is 22.5 Å². The van der Waals surface area contributed by atoms with E-state index < -0.39 is 6.04 Å². The molecule has 1 atom stereocenters. The second-order valence-electron chi connectivity index (χ2n) is 16.5. The summed E-state index contributed by atoms with van der Waals surface area (Å²) in [7, 11) is 0. The van der Waals surface area contributed by atoms with E-state index in [2.05, 4.69) is 64.7 Å². The zero-order chi connectivity index (χ0) is 47.2. The molecule has 0 aliphatic carbocycles. The maximum atomic E-state index is 13.3. The summed E-state index contributed by atoms with van der Waals surface area (Å²) < 4.78 is 7.63. The number of anilines is 4. The minimum Gasteiger partial charge on any atom is -0.464 e. The third-order valence-electron chi connectivity index (χ3n) is 11.7. The second-order valence-corrected chi connectivity index (χ2v) is 19.6. The third-order valence-corrected chi connectivity index (χ3v) is 14.4. The van der Waals surface area contributed by atoms with Gasteiger partial charge in [-0.15, -0.1) is 21.5 Å². The van der Waals surface area contributed by atoms with Gasteiger partial charge in [0.15, 0.2) is 11.0 Å². The third kappa shape index (κ3) is 11.5. The highest BCUT2D eigenvalue weighted by molar-refractivity contribution is 7.17. The summed E-state index contributed by atoms with van der Waals surface area (Å²) >= 11 is 15.4. The molecule has 6 heterocycles. The van der Waals surface area contributed by atoms with E-state index >= 15 is 0 Å². The number of aliphatic imine (C=N–C) groups is 1. The predicted octanol–water partition coefficient (Wildman–Crippen LogP) is 8.74. The normalized spacial score (nSPS) is 14.8. The summed E-state index contributed by atoms with van der Waals surface area (Å²) in [6, 6.07) is 14.4. The molecule has 2 aromatic carbocycles. The number of para-hydroxylation sites is 1. The monoisotopic (exact) mass is 982 g/mol. The van der Waals surface area contributed by atoms with Crippen LogP contribution in [0, 0.1) is 34.6 Å². The van der Waals surface area contributed by atoms with Gasteiger partial charge in [-0.3, -0.25) is 28.8 Å². The van der Waals surface area contributed by atoms with Crippen LogP contribution in [0.3, 0.4) is 0 Å². The number of hydrogen-bond acceptors (Lipinski definition) is 15. The first kappa shape index (κ1) is 47.7. The summed E-state index contributed by atoms with van der Waals surface area (Å²) in [5.74, 6) is 2.73. The van der Waals surface area contributed by atoms with Crippen LogP contribution in [0.25, 0.3) is 5.00 Å². The van der Waals surface area contributed by atoms with E-state index in [-0.39, 0.29) is 24.2 Å². The maximum absolute atomic E-state index is 13.3. The van der Waals surface area contributed by atoms with Crippen LogP contribution >= 0.6 is 45.9 Å². The summed E-state index contributed by atoms with van der Waals surface area (Å²) in [4.78, 5) is 63.8. The number of thiazole rings is 1. The van der Waals surface area contributed by atoms with Crippen LogP contribution in [0.5, 0.6) is 0 Å².